The predicted molar refractivity (Wildman–Crippen MR) is 109 cm³/mol. The standard InChI is InChI=1S/C24H16N2/c1-2-10-17(11-3-1)26-21-15-5-4-14-20(21)25-23-18-12-6-8-16-9-7-13-19(22(16)18)24(23)26/h1-15,25H. The van der Waals surface area contributed by atoms with E-state index in [0.717, 1.165) is 5.69 Å². The van der Waals surface area contributed by atoms with Gasteiger partial charge < -0.3 is 10.2 Å². The third-order valence-corrected chi connectivity index (χ3v) is 5.31. The largest absolute Gasteiger partial charge is 0.352 e. The summed E-state index contributed by atoms with van der Waals surface area (Å²) in [5, 5.41) is 6.32. The van der Waals surface area contributed by atoms with Crippen molar-refractivity contribution in [1.82, 2.24) is 0 Å². The number of rotatable bonds is 1. The Morgan fingerprint density at radius 2 is 1.35 bits per heavy atom. The molecule has 4 aromatic rings. The van der Waals surface area contributed by atoms with Gasteiger partial charge in [-0.15, -0.1) is 0 Å². The van der Waals surface area contributed by atoms with Gasteiger partial charge in [0.25, 0.3) is 0 Å². The monoisotopic (exact) mass is 332 g/mol. The Balaban J connectivity index is 1.71. The van der Waals surface area contributed by atoms with Gasteiger partial charge in [-0.05, 0) is 29.7 Å². The van der Waals surface area contributed by atoms with Crippen molar-refractivity contribution in [2.24, 2.45) is 0 Å². The second-order valence-electron chi connectivity index (χ2n) is 6.75. The van der Waals surface area contributed by atoms with Gasteiger partial charge in [-0.25, -0.2) is 0 Å². The minimum absolute atomic E-state index is 1.14. The van der Waals surface area contributed by atoms with E-state index in [2.05, 4.69) is 101 Å². The van der Waals surface area contributed by atoms with Crippen LogP contribution in [-0.4, -0.2) is 0 Å². The summed E-state index contributed by atoms with van der Waals surface area (Å²) in [6, 6.07) is 32.3. The van der Waals surface area contributed by atoms with Crippen molar-refractivity contribution in [1.29, 1.82) is 0 Å². The Bertz CT molecular complexity index is 1200. The zero-order valence-electron chi connectivity index (χ0n) is 14.1. The molecule has 0 aromatic heterocycles. The van der Waals surface area contributed by atoms with Crippen LogP contribution in [0.15, 0.2) is 91.0 Å². The molecule has 122 valence electrons. The van der Waals surface area contributed by atoms with E-state index in [1.54, 1.807) is 0 Å². The predicted octanol–water partition coefficient (Wildman–Crippen LogP) is 6.24. The maximum atomic E-state index is 3.70. The van der Waals surface area contributed by atoms with E-state index in [0.29, 0.717) is 0 Å². The molecule has 26 heavy (non-hydrogen) atoms. The van der Waals surface area contributed by atoms with Crippen LogP contribution in [0, 0.1) is 0 Å². The van der Waals surface area contributed by atoms with Crippen LogP contribution in [0.5, 0.6) is 0 Å². The summed E-state index contributed by atoms with van der Waals surface area (Å²) < 4.78 is 0. The lowest BCUT2D eigenvalue weighted by molar-refractivity contribution is 1.28. The number of hydrogen-bond donors (Lipinski definition) is 1. The highest BCUT2D eigenvalue weighted by Gasteiger charge is 2.33. The smallest absolute Gasteiger partial charge is 0.0783 e. The zero-order valence-corrected chi connectivity index (χ0v) is 14.1. The fraction of sp³-hybridized carbons (Fsp3) is 0. The first-order valence-corrected chi connectivity index (χ1v) is 8.90. The Kier molecular flexibility index (Phi) is 2.64. The Hall–Kier alpha value is -3.52. The van der Waals surface area contributed by atoms with Crippen LogP contribution in [0.1, 0.15) is 11.1 Å². The molecule has 0 amide bonds. The van der Waals surface area contributed by atoms with Crippen molar-refractivity contribution in [2.45, 2.75) is 0 Å². The second kappa shape index (κ2) is 4.99. The summed E-state index contributed by atoms with van der Waals surface area (Å²) in [5.41, 5.74) is 8.50. The number of benzene rings is 4. The highest BCUT2D eigenvalue weighted by Crippen LogP contribution is 2.52. The third-order valence-electron chi connectivity index (χ3n) is 5.31. The molecule has 0 atom stereocenters. The van der Waals surface area contributed by atoms with Gasteiger partial charge in [0, 0.05) is 22.2 Å². The average molecular weight is 332 g/mol. The fourth-order valence-corrected chi connectivity index (χ4v) is 4.24. The van der Waals surface area contributed by atoms with Gasteiger partial charge in [-0.2, -0.15) is 0 Å². The Morgan fingerprint density at radius 3 is 2.19 bits per heavy atom. The molecular formula is C24H16N2. The summed E-state index contributed by atoms with van der Waals surface area (Å²) in [6.07, 6.45) is 0. The first-order chi connectivity index (χ1) is 12.9. The van der Waals surface area contributed by atoms with Crippen LogP contribution >= 0.6 is 0 Å². The van der Waals surface area contributed by atoms with Crippen LogP contribution in [0.3, 0.4) is 0 Å². The summed E-state index contributed by atoms with van der Waals surface area (Å²) in [5.74, 6) is 0. The maximum absolute atomic E-state index is 3.70. The van der Waals surface area contributed by atoms with Crippen LogP contribution in [0.2, 0.25) is 0 Å². The van der Waals surface area contributed by atoms with Crippen molar-refractivity contribution in [3.05, 3.63) is 102 Å². The first-order valence-electron chi connectivity index (χ1n) is 8.90. The molecule has 0 unspecified atom stereocenters. The molecule has 1 aliphatic carbocycles. The molecule has 0 radical (unpaired) electrons. The number of anilines is 3. The molecule has 1 N–H and O–H groups in total. The molecule has 2 nitrogen and oxygen atoms in total. The van der Waals surface area contributed by atoms with Crippen LogP contribution < -0.4 is 10.2 Å². The van der Waals surface area contributed by atoms with E-state index < -0.39 is 0 Å². The molecule has 0 saturated heterocycles. The molecule has 4 aromatic carbocycles. The van der Waals surface area contributed by atoms with E-state index in [-0.39, 0.29) is 0 Å². The lowest BCUT2D eigenvalue weighted by atomic mass is 10.0. The van der Waals surface area contributed by atoms with Gasteiger partial charge in [0.2, 0.25) is 0 Å². The number of nitrogens with zero attached hydrogens (tertiary/aromatic N) is 1. The van der Waals surface area contributed by atoms with Crippen LogP contribution in [0.25, 0.3) is 22.2 Å². The number of nitrogens with one attached hydrogen (secondary N) is 1. The quantitative estimate of drug-likeness (QED) is 0.443. The maximum Gasteiger partial charge on any atom is 0.0783 e. The zero-order chi connectivity index (χ0) is 17.1. The van der Waals surface area contributed by atoms with Gasteiger partial charge in [0.1, 0.15) is 0 Å². The molecule has 2 aliphatic rings. The van der Waals surface area contributed by atoms with Gasteiger partial charge >= 0.3 is 0 Å². The summed E-state index contributed by atoms with van der Waals surface area (Å²) in [6.45, 7) is 0. The fourth-order valence-electron chi connectivity index (χ4n) is 4.24. The SMILES string of the molecule is c1ccc(N2C3=C(Nc4ccccc42)c2cccc4cccc3c24)cc1. The number of hydrogen-bond acceptors (Lipinski definition) is 2. The molecule has 0 spiro atoms. The van der Waals surface area contributed by atoms with Crippen LogP contribution in [-0.2, 0) is 0 Å². The molecule has 0 bridgehead atoms. The van der Waals surface area contributed by atoms with Crippen LogP contribution in [0.4, 0.5) is 17.1 Å². The molecule has 1 heterocycles. The lowest BCUT2D eigenvalue weighted by Gasteiger charge is -2.34. The number of para-hydroxylation sites is 3. The van der Waals surface area contributed by atoms with E-state index in [4.69, 9.17) is 0 Å². The topological polar surface area (TPSA) is 15.3 Å². The Labute approximate surface area is 152 Å². The van der Waals surface area contributed by atoms with Crippen molar-refractivity contribution < 1.29 is 0 Å². The second-order valence-corrected chi connectivity index (χ2v) is 6.75. The minimum Gasteiger partial charge on any atom is -0.352 e. The van der Waals surface area contributed by atoms with Crippen molar-refractivity contribution in [3.63, 3.8) is 0 Å². The molecule has 2 heteroatoms. The molecule has 6 rings (SSSR count). The highest BCUT2D eigenvalue weighted by molar-refractivity contribution is 6.22. The first kappa shape index (κ1) is 13.7. The van der Waals surface area contributed by atoms with E-state index in [9.17, 15) is 0 Å². The summed E-state index contributed by atoms with van der Waals surface area (Å²) >= 11 is 0. The number of fused-ring (bicyclic) bond motifs is 3. The molecule has 0 fully saturated rings. The van der Waals surface area contributed by atoms with Crippen molar-refractivity contribution in [3.8, 4) is 0 Å². The lowest BCUT2D eigenvalue weighted by Crippen LogP contribution is -2.22. The van der Waals surface area contributed by atoms with Crippen molar-refractivity contribution >= 4 is 39.2 Å². The van der Waals surface area contributed by atoms with Gasteiger partial charge in [-0.3, -0.25) is 0 Å². The Morgan fingerprint density at radius 1 is 0.615 bits per heavy atom. The minimum atomic E-state index is 1.14. The third kappa shape index (κ3) is 1.71. The normalized spacial score (nSPS) is 14.2. The molecular weight excluding hydrogens is 316 g/mol. The highest BCUT2D eigenvalue weighted by atomic mass is 15.2. The molecule has 0 saturated carbocycles. The van der Waals surface area contributed by atoms with Crippen molar-refractivity contribution in [2.75, 3.05) is 10.2 Å². The van der Waals surface area contributed by atoms with Gasteiger partial charge in [0.15, 0.2) is 0 Å². The average Bonchev–Trinajstić information content (AvgIpc) is 3.03. The van der Waals surface area contributed by atoms with Gasteiger partial charge in [-0.1, -0.05) is 66.7 Å². The van der Waals surface area contributed by atoms with E-state index in [1.807, 2.05) is 0 Å². The summed E-state index contributed by atoms with van der Waals surface area (Å²) in [7, 11) is 0. The van der Waals surface area contributed by atoms with E-state index >= 15 is 0 Å². The molecule has 1 aliphatic heterocycles. The van der Waals surface area contributed by atoms with E-state index in [1.165, 1.54) is 44.7 Å². The van der Waals surface area contributed by atoms with Gasteiger partial charge in [0.05, 0.1) is 22.8 Å². The summed E-state index contributed by atoms with van der Waals surface area (Å²) in [4.78, 5) is 2.38.